The van der Waals surface area contributed by atoms with Crippen LogP contribution in [0, 0.1) is 0 Å². The highest BCUT2D eigenvalue weighted by Crippen LogP contribution is 2.23. The van der Waals surface area contributed by atoms with Crippen LogP contribution < -0.4 is 0 Å². The zero-order valence-corrected chi connectivity index (χ0v) is 13.0. The van der Waals surface area contributed by atoms with Crippen molar-refractivity contribution in [1.29, 1.82) is 0 Å². The maximum atomic E-state index is 10.9. The lowest BCUT2D eigenvalue weighted by Crippen LogP contribution is -2.19. The maximum Gasteiger partial charge on any atom is 0.193 e. The lowest BCUT2D eigenvalue weighted by molar-refractivity contribution is -0.112. The van der Waals surface area contributed by atoms with Crippen molar-refractivity contribution in [1.82, 2.24) is 0 Å². The summed E-state index contributed by atoms with van der Waals surface area (Å²) >= 11 is 13.4. The lowest BCUT2D eigenvalue weighted by atomic mass is 10.2. The molecule has 0 aromatic heterocycles. The number of Topliss-reactive ketones (excluding diaryl/α,β-unsaturated/α-hetero) is 2. The van der Waals surface area contributed by atoms with Gasteiger partial charge in [0.1, 0.15) is 10.5 Å². The molecule has 0 saturated heterocycles. The zero-order valence-electron chi connectivity index (χ0n) is 9.85. The van der Waals surface area contributed by atoms with Crippen LogP contribution in [0.2, 0.25) is 0 Å². The van der Waals surface area contributed by atoms with Crippen LogP contribution in [0.5, 0.6) is 0 Å². The summed E-state index contributed by atoms with van der Waals surface area (Å²) in [5.41, 5.74) is 1.18. The summed E-state index contributed by atoms with van der Waals surface area (Å²) in [6.45, 7) is 3.42. The molecule has 0 bridgehead atoms. The fourth-order valence-electron chi connectivity index (χ4n) is 1.13. The SMILES string of the molecule is CC1=NSC(CCl)C1=O.CC1=NSC(CCl)C1=O. The second-order valence-corrected chi connectivity index (χ2v) is 6.12. The van der Waals surface area contributed by atoms with E-state index in [4.69, 9.17) is 23.2 Å². The van der Waals surface area contributed by atoms with Crippen molar-refractivity contribution in [2.75, 3.05) is 11.8 Å². The van der Waals surface area contributed by atoms with Crippen LogP contribution in [-0.4, -0.2) is 45.2 Å². The molecule has 0 aliphatic carbocycles. The first-order valence-electron chi connectivity index (χ1n) is 5.12. The van der Waals surface area contributed by atoms with Crippen LogP contribution >= 0.6 is 47.1 Å². The minimum atomic E-state index is -0.119. The fraction of sp³-hybridized carbons (Fsp3) is 0.600. The molecule has 0 aromatic carbocycles. The van der Waals surface area contributed by atoms with E-state index in [0.29, 0.717) is 23.2 Å². The molecule has 18 heavy (non-hydrogen) atoms. The van der Waals surface area contributed by atoms with E-state index in [2.05, 4.69) is 8.80 Å². The molecule has 2 unspecified atom stereocenters. The van der Waals surface area contributed by atoms with Gasteiger partial charge in [0.2, 0.25) is 0 Å². The summed E-state index contributed by atoms with van der Waals surface area (Å²) in [7, 11) is 0. The van der Waals surface area contributed by atoms with Gasteiger partial charge in [-0.05, 0) is 37.7 Å². The fourth-order valence-corrected chi connectivity index (χ4v) is 3.15. The third-order valence-electron chi connectivity index (χ3n) is 2.21. The number of hydrogen-bond donors (Lipinski definition) is 0. The summed E-state index contributed by atoms with van der Waals surface area (Å²) in [4.78, 5) is 21.8. The molecule has 0 aromatic rings. The van der Waals surface area contributed by atoms with E-state index >= 15 is 0 Å². The van der Waals surface area contributed by atoms with Crippen molar-refractivity contribution in [3.63, 3.8) is 0 Å². The predicted molar refractivity (Wildman–Crippen MR) is 80.4 cm³/mol. The Morgan fingerprint density at radius 2 is 1.28 bits per heavy atom. The zero-order chi connectivity index (χ0) is 13.7. The summed E-state index contributed by atoms with van der Waals surface area (Å²) < 4.78 is 7.74. The molecule has 2 atom stereocenters. The highest BCUT2D eigenvalue weighted by atomic mass is 35.5. The van der Waals surface area contributed by atoms with E-state index in [9.17, 15) is 9.59 Å². The van der Waals surface area contributed by atoms with Gasteiger partial charge in [-0.3, -0.25) is 9.59 Å². The summed E-state index contributed by atoms with van der Waals surface area (Å²) in [5.74, 6) is 0.888. The number of carbonyl (C=O) groups excluding carboxylic acids is 2. The highest BCUT2D eigenvalue weighted by Gasteiger charge is 2.26. The number of carbonyl (C=O) groups is 2. The largest absolute Gasteiger partial charge is 0.291 e. The molecule has 100 valence electrons. The molecule has 2 aliphatic heterocycles. The van der Waals surface area contributed by atoms with E-state index in [-0.39, 0.29) is 22.1 Å². The van der Waals surface area contributed by atoms with Gasteiger partial charge in [0, 0.05) is 11.8 Å². The number of rotatable bonds is 2. The molecule has 4 nitrogen and oxygen atoms in total. The van der Waals surface area contributed by atoms with Crippen LogP contribution in [0.25, 0.3) is 0 Å². The van der Waals surface area contributed by atoms with Crippen molar-refractivity contribution in [2.45, 2.75) is 24.3 Å². The van der Waals surface area contributed by atoms with Crippen molar-refractivity contribution < 1.29 is 9.59 Å². The molecule has 0 radical (unpaired) electrons. The Labute approximate surface area is 124 Å². The first-order valence-corrected chi connectivity index (χ1v) is 7.86. The topological polar surface area (TPSA) is 58.9 Å². The number of alkyl halides is 2. The Bertz CT molecular complexity index is 375. The van der Waals surface area contributed by atoms with Gasteiger partial charge in [-0.2, -0.15) is 0 Å². The van der Waals surface area contributed by atoms with Crippen molar-refractivity contribution >= 4 is 70.1 Å². The molecule has 0 spiro atoms. The monoisotopic (exact) mass is 326 g/mol. The smallest absolute Gasteiger partial charge is 0.193 e. The third-order valence-corrected chi connectivity index (χ3v) is 5.22. The number of hydrogen-bond acceptors (Lipinski definition) is 6. The Hall–Kier alpha value is -0.0400. The number of nitrogens with zero attached hydrogens (tertiary/aromatic N) is 2. The molecule has 2 rings (SSSR count). The van der Waals surface area contributed by atoms with Gasteiger partial charge in [0.25, 0.3) is 0 Å². The first-order chi connectivity index (χ1) is 8.51. The molecule has 0 fully saturated rings. The van der Waals surface area contributed by atoms with E-state index in [1.165, 1.54) is 23.9 Å². The second kappa shape index (κ2) is 7.53. The Morgan fingerprint density at radius 1 is 0.944 bits per heavy atom. The first kappa shape index (κ1) is 16.0. The third kappa shape index (κ3) is 3.98. The van der Waals surface area contributed by atoms with Crippen molar-refractivity contribution in [3.05, 3.63) is 0 Å². The average molecular weight is 327 g/mol. The van der Waals surface area contributed by atoms with Crippen LogP contribution in [0.4, 0.5) is 0 Å². The van der Waals surface area contributed by atoms with Crippen molar-refractivity contribution in [3.8, 4) is 0 Å². The summed E-state index contributed by atoms with van der Waals surface area (Å²) in [5, 5.41) is -0.238. The second-order valence-electron chi connectivity index (χ2n) is 3.58. The van der Waals surface area contributed by atoms with Gasteiger partial charge in [-0.1, -0.05) is 0 Å². The maximum absolute atomic E-state index is 10.9. The summed E-state index contributed by atoms with van der Waals surface area (Å²) in [6, 6.07) is 0. The summed E-state index contributed by atoms with van der Waals surface area (Å²) in [6.07, 6.45) is 0. The Kier molecular flexibility index (Phi) is 6.70. The van der Waals surface area contributed by atoms with Crippen LogP contribution in [0.15, 0.2) is 8.80 Å². The molecule has 2 aliphatic rings. The van der Waals surface area contributed by atoms with Gasteiger partial charge < -0.3 is 0 Å². The molecule has 0 N–H and O–H groups in total. The van der Waals surface area contributed by atoms with Gasteiger partial charge in [0.05, 0.1) is 11.4 Å². The van der Waals surface area contributed by atoms with E-state index in [0.717, 1.165) is 0 Å². The number of ketones is 2. The molecular formula is C10H12Cl2N2O2S2. The molecule has 8 heteroatoms. The van der Waals surface area contributed by atoms with Crippen LogP contribution in [-0.2, 0) is 9.59 Å². The molecule has 2 heterocycles. The average Bonchev–Trinajstić information content (AvgIpc) is 2.86. The van der Waals surface area contributed by atoms with Gasteiger partial charge >= 0.3 is 0 Å². The Balaban J connectivity index is 0.000000180. The van der Waals surface area contributed by atoms with Gasteiger partial charge in [0.15, 0.2) is 11.6 Å². The molecular weight excluding hydrogens is 315 g/mol. The highest BCUT2D eigenvalue weighted by molar-refractivity contribution is 8.00. The number of halogens is 2. The lowest BCUT2D eigenvalue weighted by Gasteiger charge is -1.96. The van der Waals surface area contributed by atoms with Gasteiger partial charge in [-0.15, -0.1) is 23.2 Å². The van der Waals surface area contributed by atoms with Crippen LogP contribution in [0.3, 0.4) is 0 Å². The van der Waals surface area contributed by atoms with E-state index < -0.39 is 0 Å². The van der Waals surface area contributed by atoms with E-state index in [1.54, 1.807) is 13.8 Å². The standard InChI is InChI=1S/2C5H6ClNOS/c2*1-3-5(8)4(2-6)9-7-3/h2*4H,2H2,1H3. The normalized spacial score (nSPS) is 26.7. The minimum absolute atomic E-state index is 0.0787. The van der Waals surface area contributed by atoms with Gasteiger partial charge in [-0.25, -0.2) is 8.80 Å². The van der Waals surface area contributed by atoms with Crippen LogP contribution in [0.1, 0.15) is 13.8 Å². The minimum Gasteiger partial charge on any atom is -0.291 e. The predicted octanol–water partition coefficient (Wildman–Crippen LogP) is 2.57. The molecule has 0 saturated carbocycles. The Morgan fingerprint density at radius 3 is 1.39 bits per heavy atom. The van der Waals surface area contributed by atoms with Crippen molar-refractivity contribution in [2.24, 2.45) is 8.80 Å². The van der Waals surface area contributed by atoms with E-state index in [1.807, 2.05) is 0 Å². The molecule has 0 amide bonds. The quantitative estimate of drug-likeness (QED) is 0.578.